The molecule has 4 N–H and O–H groups in total. The van der Waals surface area contributed by atoms with Crippen molar-refractivity contribution in [2.75, 3.05) is 5.32 Å². The standard InChI is InChI=1S/C18H22N2O2/c1-18(2,3)13-9-10-15(21)14(11-13)20-17(22)16(19)12-7-5-4-6-8-12/h4-11,16,21H,19H2,1-3H3,(H,20,22). The maximum Gasteiger partial charge on any atom is 0.245 e. The van der Waals surface area contributed by atoms with Gasteiger partial charge in [0.25, 0.3) is 0 Å². The van der Waals surface area contributed by atoms with Crippen molar-refractivity contribution in [3.8, 4) is 5.75 Å². The smallest absolute Gasteiger partial charge is 0.245 e. The number of aromatic hydroxyl groups is 1. The van der Waals surface area contributed by atoms with Gasteiger partial charge >= 0.3 is 0 Å². The van der Waals surface area contributed by atoms with Gasteiger partial charge in [-0.1, -0.05) is 57.2 Å². The van der Waals surface area contributed by atoms with E-state index < -0.39 is 6.04 Å². The number of carbonyl (C=O) groups excluding carboxylic acids is 1. The van der Waals surface area contributed by atoms with Crippen LogP contribution in [0, 0.1) is 0 Å². The third-order valence-electron chi connectivity index (χ3n) is 3.56. The zero-order valence-corrected chi connectivity index (χ0v) is 13.1. The fraction of sp³-hybridized carbons (Fsp3) is 0.278. The first-order valence-corrected chi connectivity index (χ1v) is 7.24. The molecule has 2 aromatic rings. The number of hydrogen-bond acceptors (Lipinski definition) is 3. The summed E-state index contributed by atoms with van der Waals surface area (Å²) < 4.78 is 0. The van der Waals surface area contributed by atoms with Gasteiger partial charge in [0.2, 0.25) is 5.91 Å². The molecule has 0 aliphatic heterocycles. The Bertz CT molecular complexity index is 661. The normalized spacial score (nSPS) is 12.7. The number of phenolic OH excluding ortho intramolecular Hbond substituents is 1. The predicted octanol–water partition coefficient (Wildman–Crippen LogP) is 3.33. The molecule has 4 nitrogen and oxygen atoms in total. The molecule has 0 aliphatic carbocycles. The van der Waals surface area contributed by atoms with Gasteiger partial charge in [-0.25, -0.2) is 0 Å². The Morgan fingerprint density at radius 3 is 2.36 bits per heavy atom. The number of hydrogen-bond donors (Lipinski definition) is 3. The molecular weight excluding hydrogens is 276 g/mol. The number of carbonyl (C=O) groups is 1. The van der Waals surface area contributed by atoms with Crippen molar-refractivity contribution < 1.29 is 9.90 Å². The molecule has 0 spiro atoms. The Labute approximate surface area is 131 Å². The second-order valence-electron chi connectivity index (χ2n) is 6.36. The molecule has 0 heterocycles. The quantitative estimate of drug-likeness (QED) is 0.761. The molecule has 4 heteroatoms. The Hall–Kier alpha value is -2.33. The number of anilines is 1. The van der Waals surface area contributed by atoms with Gasteiger partial charge in [0.1, 0.15) is 11.8 Å². The van der Waals surface area contributed by atoms with Gasteiger partial charge in [-0.15, -0.1) is 0 Å². The Morgan fingerprint density at radius 1 is 1.14 bits per heavy atom. The fourth-order valence-corrected chi connectivity index (χ4v) is 2.12. The summed E-state index contributed by atoms with van der Waals surface area (Å²) in [5.41, 5.74) is 8.02. The Kier molecular flexibility index (Phi) is 4.52. The van der Waals surface area contributed by atoms with Crippen LogP contribution in [0.3, 0.4) is 0 Å². The number of benzene rings is 2. The number of amides is 1. The lowest BCUT2D eigenvalue weighted by atomic mass is 9.87. The predicted molar refractivity (Wildman–Crippen MR) is 88.8 cm³/mol. The Morgan fingerprint density at radius 2 is 1.77 bits per heavy atom. The molecule has 1 unspecified atom stereocenters. The molecule has 0 bridgehead atoms. The SMILES string of the molecule is CC(C)(C)c1ccc(O)c(NC(=O)C(N)c2ccccc2)c1. The third-order valence-corrected chi connectivity index (χ3v) is 3.56. The van der Waals surface area contributed by atoms with Crippen LogP contribution in [-0.4, -0.2) is 11.0 Å². The van der Waals surface area contributed by atoms with Gasteiger partial charge in [0.05, 0.1) is 5.69 Å². The molecule has 0 aromatic heterocycles. The van der Waals surface area contributed by atoms with E-state index in [2.05, 4.69) is 26.1 Å². The van der Waals surface area contributed by atoms with Crippen molar-refractivity contribution in [3.63, 3.8) is 0 Å². The van der Waals surface area contributed by atoms with Crippen LogP contribution in [0.2, 0.25) is 0 Å². The van der Waals surface area contributed by atoms with E-state index in [0.29, 0.717) is 5.69 Å². The van der Waals surface area contributed by atoms with Crippen LogP contribution in [-0.2, 0) is 10.2 Å². The number of nitrogens with one attached hydrogen (secondary N) is 1. The first-order valence-electron chi connectivity index (χ1n) is 7.24. The van der Waals surface area contributed by atoms with E-state index in [1.165, 1.54) is 0 Å². The number of rotatable bonds is 3. The molecule has 2 rings (SSSR count). The third kappa shape index (κ3) is 3.65. The highest BCUT2D eigenvalue weighted by Gasteiger charge is 2.19. The largest absolute Gasteiger partial charge is 0.506 e. The summed E-state index contributed by atoms with van der Waals surface area (Å²) in [6.07, 6.45) is 0. The van der Waals surface area contributed by atoms with Gasteiger partial charge in [-0.05, 0) is 28.7 Å². The molecule has 1 atom stereocenters. The van der Waals surface area contributed by atoms with Crippen LogP contribution >= 0.6 is 0 Å². The minimum atomic E-state index is -0.779. The van der Waals surface area contributed by atoms with E-state index in [9.17, 15) is 9.90 Å². The lowest BCUT2D eigenvalue weighted by molar-refractivity contribution is -0.117. The highest BCUT2D eigenvalue weighted by atomic mass is 16.3. The van der Waals surface area contributed by atoms with E-state index >= 15 is 0 Å². The number of nitrogens with two attached hydrogens (primary N) is 1. The highest BCUT2D eigenvalue weighted by molar-refractivity contribution is 5.96. The van der Waals surface area contributed by atoms with Crippen LogP contribution in [0.1, 0.15) is 37.9 Å². The van der Waals surface area contributed by atoms with E-state index in [4.69, 9.17) is 5.73 Å². The average molecular weight is 298 g/mol. The molecule has 0 fully saturated rings. The first-order chi connectivity index (χ1) is 10.3. The second kappa shape index (κ2) is 6.20. The Balaban J connectivity index is 2.21. The summed E-state index contributed by atoms with van der Waals surface area (Å²) in [4.78, 5) is 12.3. The molecule has 1 amide bonds. The number of phenols is 1. The van der Waals surface area contributed by atoms with Gasteiger partial charge in [-0.3, -0.25) is 4.79 Å². The molecule has 116 valence electrons. The molecule has 2 aromatic carbocycles. The maximum absolute atomic E-state index is 12.3. The fourth-order valence-electron chi connectivity index (χ4n) is 2.12. The van der Waals surface area contributed by atoms with Crippen molar-refractivity contribution >= 4 is 11.6 Å². The van der Waals surface area contributed by atoms with Crippen LogP contribution < -0.4 is 11.1 Å². The summed E-state index contributed by atoms with van der Waals surface area (Å²) in [6.45, 7) is 6.21. The first kappa shape index (κ1) is 16.0. The monoisotopic (exact) mass is 298 g/mol. The highest BCUT2D eigenvalue weighted by Crippen LogP contribution is 2.31. The van der Waals surface area contributed by atoms with Gasteiger partial charge in [0, 0.05) is 0 Å². The van der Waals surface area contributed by atoms with Crippen LogP contribution in [0.25, 0.3) is 0 Å². The lowest BCUT2D eigenvalue weighted by Crippen LogP contribution is -2.27. The van der Waals surface area contributed by atoms with Crippen LogP contribution in [0.15, 0.2) is 48.5 Å². The zero-order valence-electron chi connectivity index (χ0n) is 13.1. The molecular formula is C18H22N2O2. The van der Waals surface area contributed by atoms with E-state index in [-0.39, 0.29) is 17.1 Å². The molecule has 0 aliphatic rings. The van der Waals surface area contributed by atoms with Gasteiger partial charge in [0.15, 0.2) is 0 Å². The van der Waals surface area contributed by atoms with Gasteiger partial charge in [-0.2, -0.15) is 0 Å². The van der Waals surface area contributed by atoms with E-state index in [1.54, 1.807) is 24.3 Å². The van der Waals surface area contributed by atoms with Crippen molar-refractivity contribution in [1.29, 1.82) is 0 Å². The summed E-state index contributed by atoms with van der Waals surface area (Å²) in [6, 6.07) is 13.6. The van der Waals surface area contributed by atoms with Crippen LogP contribution in [0.5, 0.6) is 5.75 Å². The lowest BCUT2D eigenvalue weighted by Gasteiger charge is -2.21. The topological polar surface area (TPSA) is 75.3 Å². The van der Waals surface area contributed by atoms with Crippen molar-refractivity contribution in [2.24, 2.45) is 5.73 Å². The summed E-state index contributed by atoms with van der Waals surface area (Å²) in [5.74, 6) is -0.325. The summed E-state index contributed by atoms with van der Waals surface area (Å²) in [5, 5.41) is 12.7. The maximum atomic E-state index is 12.3. The van der Waals surface area contributed by atoms with Crippen molar-refractivity contribution in [2.45, 2.75) is 32.2 Å². The minimum Gasteiger partial charge on any atom is -0.506 e. The average Bonchev–Trinajstić information content (AvgIpc) is 2.48. The molecule has 0 saturated heterocycles. The zero-order chi connectivity index (χ0) is 16.3. The summed E-state index contributed by atoms with van der Waals surface area (Å²) >= 11 is 0. The summed E-state index contributed by atoms with van der Waals surface area (Å²) in [7, 11) is 0. The van der Waals surface area contributed by atoms with E-state index in [1.807, 2.05) is 24.3 Å². The molecule has 0 saturated carbocycles. The van der Waals surface area contributed by atoms with Crippen molar-refractivity contribution in [1.82, 2.24) is 0 Å². The van der Waals surface area contributed by atoms with Crippen molar-refractivity contribution in [3.05, 3.63) is 59.7 Å². The molecule has 22 heavy (non-hydrogen) atoms. The minimum absolute atomic E-state index is 0.0293. The van der Waals surface area contributed by atoms with E-state index in [0.717, 1.165) is 11.1 Å². The van der Waals surface area contributed by atoms with Gasteiger partial charge < -0.3 is 16.2 Å². The van der Waals surface area contributed by atoms with Crippen LogP contribution in [0.4, 0.5) is 5.69 Å². The second-order valence-corrected chi connectivity index (χ2v) is 6.36. The molecule has 0 radical (unpaired) electrons.